The maximum Gasteiger partial charge on any atom is 0.229 e. The van der Waals surface area contributed by atoms with Crippen LogP contribution in [-0.4, -0.2) is 21.7 Å². The average molecular weight is 355 g/mol. The van der Waals surface area contributed by atoms with Gasteiger partial charge in [-0.1, -0.05) is 26.0 Å². The zero-order valence-electron chi connectivity index (χ0n) is 15.0. The van der Waals surface area contributed by atoms with Gasteiger partial charge in [0.05, 0.1) is 11.3 Å². The Kier molecular flexibility index (Phi) is 5.40. The lowest BCUT2D eigenvalue weighted by Crippen LogP contribution is -2.25. The molecule has 0 spiro atoms. The van der Waals surface area contributed by atoms with Crippen molar-refractivity contribution in [1.82, 2.24) is 9.97 Å². The SMILES string of the molecule is CCC(CC)C(=O)Nc1ncc2c(n1)C[C@H](c1ccc(F)cc1)CC2=O. The number of hydrogen-bond donors (Lipinski definition) is 1. The van der Waals surface area contributed by atoms with E-state index in [0.29, 0.717) is 24.1 Å². The molecular weight excluding hydrogens is 333 g/mol. The Morgan fingerprint density at radius 3 is 2.58 bits per heavy atom. The second-order valence-electron chi connectivity index (χ2n) is 6.64. The molecule has 0 radical (unpaired) electrons. The van der Waals surface area contributed by atoms with Crippen LogP contribution in [0.3, 0.4) is 0 Å². The van der Waals surface area contributed by atoms with Gasteiger partial charge in [0, 0.05) is 18.5 Å². The van der Waals surface area contributed by atoms with E-state index in [1.807, 2.05) is 13.8 Å². The lowest BCUT2D eigenvalue weighted by Gasteiger charge is -2.23. The van der Waals surface area contributed by atoms with Crippen molar-refractivity contribution in [1.29, 1.82) is 0 Å². The van der Waals surface area contributed by atoms with Crippen LogP contribution in [0.1, 0.15) is 60.6 Å². The highest BCUT2D eigenvalue weighted by Crippen LogP contribution is 2.32. The van der Waals surface area contributed by atoms with Crippen molar-refractivity contribution in [3.63, 3.8) is 0 Å². The van der Waals surface area contributed by atoms with Crippen LogP contribution in [0.15, 0.2) is 30.5 Å². The monoisotopic (exact) mass is 355 g/mol. The summed E-state index contributed by atoms with van der Waals surface area (Å²) in [4.78, 5) is 33.2. The van der Waals surface area contributed by atoms with Crippen LogP contribution in [0.4, 0.5) is 10.3 Å². The maximum absolute atomic E-state index is 13.1. The number of amides is 1. The zero-order chi connectivity index (χ0) is 18.7. The fraction of sp³-hybridized carbons (Fsp3) is 0.400. The van der Waals surface area contributed by atoms with Crippen molar-refractivity contribution < 1.29 is 14.0 Å². The van der Waals surface area contributed by atoms with Crippen molar-refractivity contribution in [2.24, 2.45) is 5.92 Å². The fourth-order valence-corrected chi connectivity index (χ4v) is 3.35. The van der Waals surface area contributed by atoms with E-state index in [9.17, 15) is 14.0 Å². The first-order chi connectivity index (χ1) is 12.5. The van der Waals surface area contributed by atoms with Gasteiger partial charge in [0.1, 0.15) is 5.82 Å². The molecular formula is C20H22FN3O2. The minimum absolute atomic E-state index is 0.0292. The third kappa shape index (κ3) is 3.79. The van der Waals surface area contributed by atoms with E-state index in [4.69, 9.17) is 0 Å². The minimum atomic E-state index is -0.301. The summed E-state index contributed by atoms with van der Waals surface area (Å²) >= 11 is 0. The molecule has 1 aromatic carbocycles. The molecule has 136 valence electrons. The van der Waals surface area contributed by atoms with Crippen molar-refractivity contribution in [3.8, 4) is 0 Å². The molecule has 1 N–H and O–H groups in total. The number of ketones is 1. The van der Waals surface area contributed by atoms with E-state index in [1.165, 1.54) is 18.3 Å². The van der Waals surface area contributed by atoms with Gasteiger partial charge in [-0.15, -0.1) is 0 Å². The molecule has 5 nitrogen and oxygen atoms in total. The number of carbonyl (C=O) groups is 2. The molecule has 0 saturated heterocycles. The molecule has 1 amide bonds. The Bertz CT molecular complexity index is 816. The highest BCUT2D eigenvalue weighted by atomic mass is 19.1. The Hall–Kier alpha value is -2.63. The largest absolute Gasteiger partial charge is 0.294 e. The first kappa shape index (κ1) is 18.2. The van der Waals surface area contributed by atoms with E-state index < -0.39 is 0 Å². The predicted molar refractivity (Wildman–Crippen MR) is 96.5 cm³/mol. The first-order valence-corrected chi connectivity index (χ1v) is 8.97. The molecule has 0 bridgehead atoms. The van der Waals surface area contributed by atoms with Crippen LogP contribution in [-0.2, 0) is 11.2 Å². The topological polar surface area (TPSA) is 72.0 Å². The average Bonchev–Trinajstić information content (AvgIpc) is 2.63. The highest BCUT2D eigenvalue weighted by molar-refractivity contribution is 5.99. The van der Waals surface area contributed by atoms with Crippen molar-refractivity contribution in [3.05, 3.63) is 53.1 Å². The second-order valence-corrected chi connectivity index (χ2v) is 6.64. The number of anilines is 1. The zero-order valence-corrected chi connectivity index (χ0v) is 15.0. The highest BCUT2D eigenvalue weighted by Gasteiger charge is 2.28. The number of aromatic nitrogens is 2. The predicted octanol–water partition coefficient (Wildman–Crippen LogP) is 3.90. The van der Waals surface area contributed by atoms with Gasteiger partial charge in [0.25, 0.3) is 0 Å². The minimum Gasteiger partial charge on any atom is -0.294 e. The molecule has 0 fully saturated rings. The molecule has 1 aliphatic carbocycles. The summed E-state index contributed by atoms with van der Waals surface area (Å²) < 4.78 is 13.1. The van der Waals surface area contributed by atoms with Gasteiger partial charge in [-0.2, -0.15) is 0 Å². The quantitative estimate of drug-likeness (QED) is 0.883. The van der Waals surface area contributed by atoms with Crippen molar-refractivity contribution in [2.45, 2.75) is 45.4 Å². The number of hydrogen-bond acceptors (Lipinski definition) is 4. The van der Waals surface area contributed by atoms with Crippen LogP contribution in [0, 0.1) is 11.7 Å². The number of rotatable bonds is 5. The van der Waals surface area contributed by atoms with E-state index >= 15 is 0 Å². The fourth-order valence-electron chi connectivity index (χ4n) is 3.35. The van der Waals surface area contributed by atoms with Crippen LogP contribution in [0.25, 0.3) is 0 Å². The molecule has 1 aromatic heterocycles. The number of carbonyl (C=O) groups excluding carboxylic acids is 2. The summed E-state index contributed by atoms with van der Waals surface area (Å²) in [5.41, 5.74) is 2.04. The number of Topliss-reactive ketones (excluding diaryl/α,β-unsaturated/α-hetero) is 1. The summed E-state index contributed by atoms with van der Waals surface area (Å²) in [5.74, 6) is -0.333. The smallest absolute Gasteiger partial charge is 0.229 e. The van der Waals surface area contributed by atoms with Gasteiger partial charge in [0.15, 0.2) is 5.78 Å². The lowest BCUT2D eigenvalue weighted by atomic mass is 9.82. The Morgan fingerprint density at radius 2 is 1.92 bits per heavy atom. The third-order valence-corrected chi connectivity index (χ3v) is 4.97. The van der Waals surface area contributed by atoms with E-state index in [2.05, 4.69) is 15.3 Å². The van der Waals surface area contributed by atoms with Gasteiger partial charge in [0.2, 0.25) is 11.9 Å². The standard InChI is InChI=1S/C20H22FN3O2/c1-3-12(4-2)19(26)24-20-22-11-16-17(23-20)9-14(10-18(16)25)13-5-7-15(21)8-6-13/h5-8,11-12,14H,3-4,9-10H2,1-2H3,(H,22,23,24,26)/t14-/m0/s1. The molecule has 0 aliphatic heterocycles. The first-order valence-electron chi connectivity index (χ1n) is 8.97. The third-order valence-electron chi connectivity index (χ3n) is 4.97. The van der Waals surface area contributed by atoms with E-state index in [0.717, 1.165) is 18.4 Å². The second kappa shape index (κ2) is 7.72. The Morgan fingerprint density at radius 1 is 1.23 bits per heavy atom. The Balaban J connectivity index is 1.82. The number of nitrogens with one attached hydrogen (secondary N) is 1. The molecule has 6 heteroatoms. The number of nitrogens with zero attached hydrogens (tertiary/aromatic N) is 2. The van der Waals surface area contributed by atoms with Gasteiger partial charge in [-0.25, -0.2) is 14.4 Å². The van der Waals surface area contributed by atoms with Gasteiger partial charge >= 0.3 is 0 Å². The van der Waals surface area contributed by atoms with Gasteiger partial charge in [-0.05, 0) is 42.9 Å². The summed E-state index contributed by atoms with van der Waals surface area (Å²) in [5, 5.41) is 2.75. The number of benzene rings is 1. The molecule has 26 heavy (non-hydrogen) atoms. The summed E-state index contributed by atoms with van der Waals surface area (Å²) in [7, 11) is 0. The molecule has 1 aliphatic rings. The number of fused-ring (bicyclic) bond motifs is 1. The number of halogens is 1. The van der Waals surface area contributed by atoms with Crippen LogP contribution >= 0.6 is 0 Å². The van der Waals surface area contributed by atoms with E-state index in [1.54, 1.807) is 12.1 Å². The van der Waals surface area contributed by atoms with Crippen molar-refractivity contribution >= 4 is 17.6 Å². The van der Waals surface area contributed by atoms with Crippen LogP contribution in [0.5, 0.6) is 0 Å². The van der Waals surface area contributed by atoms with Crippen molar-refractivity contribution in [2.75, 3.05) is 5.32 Å². The summed E-state index contributed by atoms with van der Waals surface area (Å²) in [6.45, 7) is 3.93. The molecule has 2 aromatic rings. The normalized spacial score (nSPS) is 16.5. The van der Waals surface area contributed by atoms with E-state index in [-0.39, 0.29) is 35.3 Å². The van der Waals surface area contributed by atoms with Gasteiger partial charge < -0.3 is 0 Å². The summed E-state index contributed by atoms with van der Waals surface area (Å²) in [6, 6.07) is 6.21. The molecule has 0 saturated carbocycles. The van der Waals surface area contributed by atoms with Crippen LogP contribution in [0.2, 0.25) is 0 Å². The molecule has 1 atom stereocenters. The Labute approximate surface area is 152 Å². The molecule has 1 heterocycles. The lowest BCUT2D eigenvalue weighted by molar-refractivity contribution is -0.120. The maximum atomic E-state index is 13.1. The van der Waals surface area contributed by atoms with Crippen LogP contribution < -0.4 is 5.32 Å². The molecule has 0 unspecified atom stereocenters. The summed E-state index contributed by atoms with van der Waals surface area (Å²) in [6.07, 6.45) is 3.90. The molecule has 3 rings (SSSR count). The van der Waals surface area contributed by atoms with Gasteiger partial charge in [-0.3, -0.25) is 14.9 Å².